The molecule has 0 saturated carbocycles. The average molecular weight is 435 g/mol. The predicted molar refractivity (Wildman–Crippen MR) is 113 cm³/mol. The molecule has 0 fully saturated rings. The van der Waals surface area contributed by atoms with Crippen LogP contribution in [0.2, 0.25) is 0 Å². The van der Waals surface area contributed by atoms with Gasteiger partial charge in [-0.25, -0.2) is 14.8 Å². The van der Waals surface area contributed by atoms with Gasteiger partial charge in [-0.15, -0.1) is 0 Å². The molecule has 0 bridgehead atoms. The van der Waals surface area contributed by atoms with Crippen molar-refractivity contribution in [2.45, 2.75) is 30.2 Å². The maximum Gasteiger partial charge on any atom is 0.327 e. The van der Waals surface area contributed by atoms with E-state index in [0.717, 1.165) is 17.5 Å². The third-order valence-corrected chi connectivity index (χ3v) is 6.47. The van der Waals surface area contributed by atoms with E-state index in [4.69, 9.17) is 4.74 Å². The number of amides is 2. The number of carbonyl (C=O) groups is 2. The van der Waals surface area contributed by atoms with Crippen LogP contribution >= 0.6 is 11.8 Å². The highest BCUT2D eigenvalue weighted by Crippen LogP contribution is 2.50. The predicted octanol–water partition coefficient (Wildman–Crippen LogP) is 3.74. The quantitative estimate of drug-likeness (QED) is 0.636. The normalized spacial score (nSPS) is 19.0. The first kappa shape index (κ1) is 19.3. The van der Waals surface area contributed by atoms with Crippen molar-refractivity contribution < 1.29 is 19.4 Å². The number of urea groups is 1. The van der Waals surface area contributed by atoms with Gasteiger partial charge in [-0.2, -0.15) is 0 Å². The van der Waals surface area contributed by atoms with Gasteiger partial charge in [0.1, 0.15) is 10.3 Å². The maximum atomic E-state index is 13.0. The molecule has 2 aliphatic heterocycles. The molecular formula is C21H17N5O4S. The number of carboxylic acid groups (broad SMARTS) is 1. The maximum absolute atomic E-state index is 13.0. The van der Waals surface area contributed by atoms with Crippen LogP contribution in [0, 0.1) is 13.8 Å². The number of nitrogens with zero attached hydrogens (tertiary/aromatic N) is 4. The van der Waals surface area contributed by atoms with E-state index in [1.807, 2.05) is 13.0 Å². The van der Waals surface area contributed by atoms with Gasteiger partial charge in [-0.05, 0) is 38.1 Å². The second-order valence-electron chi connectivity index (χ2n) is 7.13. The number of ether oxygens (including phenoxy) is 1. The molecule has 2 atom stereocenters. The second kappa shape index (κ2) is 7.24. The number of rotatable bonds is 4. The molecule has 5 heterocycles. The standard InChI is InChI=1S/C21H17N5O4S/c1-10-12(5-6-15(24-10)30-14-4-3-8-22-11(14)2)26-13-7-9-23-19-16(13)17(25-21(26)29)18(31-19)20(27)28/h3-9,17-18H,1-2H3,(H,25,29)(H,27,28). The molecule has 2 N–H and O–H groups in total. The van der Waals surface area contributed by atoms with Crippen molar-refractivity contribution in [3.05, 3.63) is 59.7 Å². The molecule has 0 aliphatic carbocycles. The number of anilines is 2. The number of aryl methyl sites for hydroxylation is 2. The Morgan fingerprint density at radius 2 is 1.97 bits per heavy atom. The number of nitrogens with one attached hydrogen (secondary N) is 1. The molecule has 3 aromatic rings. The fourth-order valence-corrected chi connectivity index (χ4v) is 4.93. The number of thioether (sulfide) groups is 1. The molecular weight excluding hydrogens is 418 g/mol. The lowest BCUT2D eigenvalue weighted by Crippen LogP contribution is -2.47. The van der Waals surface area contributed by atoms with Crippen molar-refractivity contribution in [2.24, 2.45) is 0 Å². The molecule has 0 spiro atoms. The Bertz CT molecular complexity index is 1230. The molecule has 2 aliphatic rings. The van der Waals surface area contributed by atoms with Crippen molar-refractivity contribution in [1.82, 2.24) is 20.3 Å². The van der Waals surface area contributed by atoms with E-state index in [1.54, 1.807) is 43.6 Å². The van der Waals surface area contributed by atoms with E-state index in [-0.39, 0.29) is 0 Å². The Morgan fingerprint density at radius 1 is 1.13 bits per heavy atom. The Balaban J connectivity index is 1.52. The van der Waals surface area contributed by atoms with E-state index >= 15 is 0 Å². The van der Waals surface area contributed by atoms with Crippen LogP contribution in [0.4, 0.5) is 16.2 Å². The summed E-state index contributed by atoms with van der Waals surface area (Å²) < 4.78 is 5.84. The number of pyridine rings is 3. The minimum Gasteiger partial charge on any atom is -0.480 e. The summed E-state index contributed by atoms with van der Waals surface area (Å²) in [5.74, 6) is -0.00348. The van der Waals surface area contributed by atoms with Gasteiger partial charge in [0, 0.05) is 24.0 Å². The topological polar surface area (TPSA) is 118 Å². The first-order chi connectivity index (χ1) is 14.9. The third kappa shape index (κ3) is 3.15. The number of hydrogen-bond acceptors (Lipinski definition) is 7. The zero-order valence-electron chi connectivity index (χ0n) is 16.6. The fraction of sp³-hybridized carbons (Fsp3) is 0.190. The lowest BCUT2D eigenvalue weighted by atomic mass is 10.0. The number of aliphatic carboxylic acids is 1. The van der Waals surface area contributed by atoms with Gasteiger partial charge < -0.3 is 15.2 Å². The first-order valence-corrected chi connectivity index (χ1v) is 10.4. The minimum atomic E-state index is -0.988. The van der Waals surface area contributed by atoms with Crippen molar-refractivity contribution >= 4 is 35.1 Å². The molecule has 0 aromatic carbocycles. The molecule has 9 nitrogen and oxygen atoms in total. The Kier molecular flexibility index (Phi) is 4.51. The van der Waals surface area contributed by atoms with Crippen LogP contribution in [-0.2, 0) is 4.79 Å². The number of hydrogen-bond donors (Lipinski definition) is 2. The van der Waals surface area contributed by atoms with Crippen LogP contribution in [-0.4, -0.2) is 37.3 Å². The van der Waals surface area contributed by atoms with Gasteiger partial charge in [0.2, 0.25) is 5.88 Å². The van der Waals surface area contributed by atoms with Gasteiger partial charge in [-0.3, -0.25) is 14.7 Å². The summed E-state index contributed by atoms with van der Waals surface area (Å²) in [6.07, 6.45) is 3.27. The lowest BCUT2D eigenvalue weighted by Gasteiger charge is -2.34. The summed E-state index contributed by atoms with van der Waals surface area (Å²) in [4.78, 5) is 39.2. The fourth-order valence-electron chi connectivity index (χ4n) is 3.77. The van der Waals surface area contributed by atoms with Gasteiger partial charge in [0.25, 0.3) is 0 Å². The van der Waals surface area contributed by atoms with Crippen LogP contribution in [0.1, 0.15) is 23.0 Å². The van der Waals surface area contributed by atoms with Crippen LogP contribution in [0.25, 0.3) is 0 Å². The largest absolute Gasteiger partial charge is 0.480 e. The summed E-state index contributed by atoms with van der Waals surface area (Å²) in [5, 5.41) is 12.2. The number of carbonyl (C=O) groups excluding carboxylic acids is 1. The zero-order valence-corrected chi connectivity index (χ0v) is 17.4. The highest BCUT2D eigenvalue weighted by atomic mass is 32.2. The molecule has 2 amide bonds. The highest BCUT2D eigenvalue weighted by Gasteiger charge is 2.46. The number of carboxylic acids is 1. The second-order valence-corrected chi connectivity index (χ2v) is 8.26. The summed E-state index contributed by atoms with van der Waals surface area (Å²) in [6, 6.07) is 7.71. The Labute approximate surface area is 181 Å². The van der Waals surface area contributed by atoms with Gasteiger partial charge >= 0.3 is 12.0 Å². The van der Waals surface area contributed by atoms with Gasteiger partial charge in [0.05, 0.1) is 28.8 Å². The zero-order chi connectivity index (χ0) is 21.7. The molecule has 10 heteroatoms. The average Bonchev–Trinajstić information content (AvgIpc) is 3.11. The van der Waals surface area contributed by atoms with Crippen LogP contribution in [0.15, 0.2) is 47.8 Å². The molecule has 3 aromatic heterocycles. The van der Waals surface area contributed by atoms with E-state index < -0.39 is 23.3 Å². The molecule has 156 valence electrons. The monoisotopic (exact) mass is 435 g/mol. The third-order valence-electron chi connectivity index (χ3n) is 5.20. The molecule has 0 radical (unpaired) electrons. The summed E-state index contributed by atoms with van der Waals surface area (Å²) in [6.45, 7) is 3.63. The summed E-state index contributed by atoms with van der Waals surface area (Å²) in [7, 11) is 0. The molecule has 31 heavy (non-hydrogen) atoms. The van der Waals surface area contributed by atoms with Crippen LogP contribution in [0.3, 0.4) is 0 Å². The minimum absolute atomic E-state index is 0.383. The Morgan fingerprint density at radius 3 is 2.71 bits per heavy atom. The van der Waals surface area contributed by atoms with Crippen LogP contribution < -0.4 is 15.0 Å². The van der Waals surface area contributed by atoms with E-state index in [2.05, 4.69) is 20.3 Å². The van der Waals surface area contributed by atoms with Gasteiger partial charge in [-0.1, -0.05) is 11.8 Å². The smallest absolute Gasteiger partial charge is 0.327 e. The van der Waals surface area contributed by atoms with Crippen molar-refractivity contribution in [2.75, 3.05) is 4.90 Å². The summed E-state index contributed by atoms with van der Waals surface area (Å²) in [5.41, 5.74) is 3.22. The first-order valence-electron chi connectivity index (χ1n) is 9.50. The van der Waals surface area contributed by atoms with Crippen LogP contribution in [0.5, 0.6) is 11.6 Å². The lowest BCUT2D eigenvalue weighted by molar-refractivity contribution is -0.136. The highest BCUT2D eigenvalue weighted by molar-refractivity contribution is 8.00. The van der Waals surface area contributed by atoms with Gasteiger partial charge in [0.15, 0.2) is 5.75 Å². The van der Waals surface area contributed by atoms with E-state index in [9.17, 15) is 14.7 Å². The Hall–Kier alpha value is -3.66. The molecule has 2 unspecified atom stereocenters. The van der Waals surface area contributed by atoms with E-state index in [0.29, 0.717) is 39.3 Å². The van der Waals surface area contributed by atoms with Crippen molar-refractivity contribution in [3.8, 4) is 11.6 Å². The summed E-state index contributed by atoms with van der Waals surface area (Å²) >= 11 is 1.15. The molecule has 0 saturated heterocycles. The SMILES string of the molecule is Cc1ncccc1Oc1ccc(N2C(=O)NC3c4c2ccnc4SC3C(=O)O)c(C)n1. The molecule has 5 rings (SSSR count). The van der Waals surface area contributed by atoms with Crippen molar-refractivity contribution in [3.63, 3.8) is 0 Å². The number of aromatic nitrogens is 3. The van der Waals surface area contributed by atoms with E-state index in [1.165, 1.54) is 4.90 Å². The van der Waals surface area contributed by atoms with Crippen molar-refractivity contribution in [1.29, 1.82) is 0 Å².